The van der Waals surface area contributed by atoms with E-state index >= 15 is 0 Å². The van der Waals surface area contributed by atoms with Gasteiger partial charge in [-0.3, -0.25) is 9.69 Å². The molecule has 2 aromatic rings. The van der Waals surface area contributed by atoms with Crippen LogP contribution in [0.15, 0.2) is 54.6 Å². The minimum absolute atomic E-state index is 0.0321. The van der Waals surface area contributed by atoms with Crippen molar-refractivity contribution in [2.24, 2.45) is 5.92 Å². The Balaban J connectivity index is 2.01. The number of hydrogen-bond donors (Lipinski definition) is 1. The molecular formula is C26H28Cl2F3NO2. The van der Waals surface area contributed by atoms with Gasteiger partial charge in [-0.2, -0.15) is 13.2 Å². The van der Waals surface area contributed by atoms with Crippen LogP contribution in [0.5, 0.6) is 0 Å². The first kappa shape index (κ1) is 26.6. The van der Waals surface area contributed by atoms with Crippen LogP contribution in [-0.2, 0) is 11.0 Å². The molecule has 2 aromatic carbocycles. The van der Waals surface area contributed by atoms with Crippen LogP contribution in [0.25, 0.3) is 0 Å². The molecule has 0 spiro atoms. The minimum Gasteiger partial charge on any atom is -0.481 e. The number of hydrogen-bond acceptors (Lipinski definition) is 2. The summed E-state index contributed by atoms with van der Waals surface area (Å²) in [6.45, 7) is 6.57. The van der Waals surface area contributed by atoms with E-state index < -0.39 is 17.7 Å². The Morgan fingerprint density at radius 3 is 2.32 bits per heavy atom. The quantitative estimate of drug-likeness (QED) is 0.360. The van der Waals surface area contributed by atoms with E-state index in [1.165, 1.54) is 12.1 Å². The number of carboxylic acids is 1. The van der Waals surface area contributed by atoms with E-state index in [0.717, 1.165) is 41.7 Å². The number of carboxylic acid groups (broad SMARTS) is 1. The number of likely N-dealkylation sites (tertiary alicyclic amines) is 1. The summed E-state index contributed by atoms with van der Waals surface area (Å²) in [7, 11) is 0. The molecule has 3 atom stereocenters. The SMILES string of the molecule is C=C(C)CCC(c1cc(Cl)cc(Cl)c1)N1CCC(CC(=O)O)CC1c1ccc(C(F)(F)F)cc1. The van der Waals surface area contributed by atoms with Gasteiger partial charge in [0.05, 0.1) is 5.56 Å². The Kier molecular flexibility index (Phi) is 8.72. The van der Waals surface area contributed by atoms with Crippen molar-refractivity contribution in [3.63, 3.8) is 0 Å². The lowest BCUT2D eigenvalue weighted by Crippen LogP contribution is -2.40. The van der Waals surface area contributed by atoms with Gasteiger partial charge in [0.15, 0.2) is 0 Å². The molecule has 0 amide bonds. The van der Waals surface area contributed by atoms with E-state index in [4.69, 9.17) is 23.2 Å². The largest absolute Gasteiger partial charge is 0.481 e. The van der Waals surface area contributed by atoms with Crippen molar-refractivity contribution in [3.05, 3.63) is 81.4 Å². The number of allylic oxidation sites excluding steroid dienone is 1. The van der Waals surface area contributed by atoms with Crippen molar-refractivity contribution in [1.29, 1.82) is 0 Å². The third-order valence-electron chi connectivity index (χ3n) is 6.35. The summed E-state index contributed by atoms with van der Waals surface area (Å²) in [5, 5.41) is 10.3. The molecule has 1 aliphatic heterocycles. The number of benzene rings is 2. The second-order valence-corrected chi connectivity index (χ2v) is 9.95. The van der Waals surface area contributed by atoms with Gasteiger partial charge in [0, 0.05) is 28.5 Å². The first-order valence-corrected chi connectivity index (χ1v) is 11.9. The van der Waals surface area contributed by atoms with Crippen LogP contribution < -0.4 is 0 Å². The van der Waals surface area contributed by atoms with E-state index in [9.17, 15) is 23.1 Å². The summed E-state index contributed by atoms with van der Waals surface area (Å²) in [5.74, 6) is -0.934. The zero-order valence-corrected chi connectivity index (χ0v) is 20.4. The van der Waals surface area contributed by atoms with Crippen LogP contribution in [0, 0.1) is 5.92 Å². The highest BCUT2D eigenvalue weighted by Crippen LogP contribution is 2.44. The van der Waals surface area contributed by atoms with Crippen LogP contribution >= 0.6 is 23.2 Å². The molecule has 0 aliphatic carbocycles. The average Bonchev–Trinajstić information content (AvgIpc) is 2.73. The molecule has 184 valence electrons. The fraction of sp³-hybridized carbons (Fsp3) is 0.423. The highest BCUT2D eigenvalue weighted by molar-refractivity contribution is 6.34. The molecule has 1 heterocycles. The second-order valence-electron chi connectivity index (χ2n) is 9.08. The molecule has 3 rings (SSSR count). The first-order valence-electron chi connectivity index (χ1n) is 11.2. The van der Waals surface area contributed by atoms with Crippen molar-refractivity contribution >= 4 is 29.2 Å². The summed E-state index contributed by atoms with van der Waals surface area (Å²) in [6, 6.07) is 10.2. The first-order chi connectivity index (χ1) is 15.9. The van der Waals surface area contributed by atoms with Crippen LogP contribution in [0.3, 0.4) is 0 Å². The zero-order chi connectivity index (χ0) is 25.0. The Bertz CT molecular complexity index is 1000. The van der Waals surface area contributed by atoms with Crippen LogP contribution in [0.1, 0.15) is 67.8 Å². The Labute approximate surface area is 208 Å². The standard InChI is InChI=1S/C26H28Cl2F3NO2/c1-16(2)3-8-23(19-13-21(27)15-22(28)14-19)32-10-9-17(12-25(33)34)11-24(32)18-4-6-20(7-5-18)26(29,30)31/h4-7,13-15,17,23-24H,1,3,8-12H2,2H3,(H,33,34). The van der Waals surface area contributed by atoms with E-state index in [1.807, 2.05) is 19.1 Å². The number of piperidine rings is 1. The molecule has 3 nitrogen and oxygen atoms in total. The highest BCUT2D eigenvalue weighted by atomic mass is 35.5. The van der Waals surface area contributed by atoms with Gasteiger partial charge < -0.3 is 5.11 Å². The molecule has 1 aliphatic rings. The lowest BCUT2D eigenvalue weighted by atomic mass is 9.82. The molecular weight excluding hydrogens is 486 g/mol. The lowest BCUT2D eigenvalue weighted by Gasteiger charge is -2.44. The fourth-order valence-corrected chi connectivity index (χ4v) is 5.30. The second kappa shape index (κ2) is 11.1. The maximum Gasteiger partial charge on any atom is 0.416 e. The third-order valence-corrected chi connectivity index (χ3v) is 6.79. The van der Waals surface area contributed by atoms with Gasteiger partial charge in [-0.25, -0.2) is 0 Å². The summed E-state index contributed by atoms with van der Waals surface area (Å²) in [5.41, 5.74) is 1.97. The number of nitrogens with zero attached hydrogens (tertiary/aromatic N) is 1. The fourth-order valence-electron chi connectivity index (χ4n) is 4.76. The van der Waals surface area contributed by atoms with Crippen LogP contribution in [-0.4, -0.2) is 22.5 Å². The van der Waals surface area contributed by atoms with Crippen molar-refractivity contribution < 1.29 is 23.1 Å². The molecule has 0 saturated carbocycles. The van der Waals surface area contributed by atoms with Gasteiger partial charge in [0.2, 0.25) is 0 Å². The van der Waals surface area contributed by atoms with Crippen LogP contribution in [0.4, 0.5) is 13.2 Å². The molecule has 3 unspecified atom stereocenters. The van der Waals surface area contributed by atoms with E-state index in [0.29, 0.717) is 29.4 Å². The normalized spacial score (nSPS) is 20.2. The molecule has 0 radical (unpaired) electrons. The summed E-state index contributed by atoms with van der Waals surface area (Å²) >= 11 is 12.6. The van der Waals surface area contributed by atoms with Gasteiger partial charge >= 0.3 is 12.1 Å². The summed E-state index contributed by atoms with van der Waals surface area (Å²) < 4.78 is 39.4. The topological polar surface area (TPSA) is 40.5 Å². The Hall–Kier alpha value is -2.02. The maximum atomic E-state index is 13.1. The average molecular weight is 514 g/mol. The van der Waals surface area contributed by atoms with Crippen molar-refractivity contribution in [2.45, 2.75) is 57.3 Å². The number of rotatable bonds is 8. The van der Waals surface area contributed by atoms with E-state index in [1.54, 1.807) is 6.07 Å². The van der Waals surface area contributed by atoms with E-state index in [-0.39, 0.29) is 24.4 Å². The predicted octanol–water partition coefficient (Wildman–Crippen LogP) is 8.34. The van der Waals surface area contributed by atoms with Crippen LogP contribution in [0.2, 0.25) is 10.0 Å². The number of halogens is 5. The van der Waals surface area contributed by atoms with E-state index in [2.05, 4.69) is 11.5 Å². The Morgan fingerprint density at radius 2 is 1.79 bits per heavy atom. The Morgan fingerprint density at radius 1 is 1.18 bits per heavy atom. The number of alkyl halides is 3. The van der Waals surface area contributed by atoms with Gasteiger partial charge in [-0.15, -0.1) is 6.58 Å². The smallest absolute Gasteiger partial charge is 0.416 e. The molecule has 34 heavy (non-hydrogen) atoms. The monoisotopic (exact) mass is 513 g/mol. The van der Waals surface area contributed by atoms with Crippen molar-refractivity contribution in [2.75, 3.05) is 6.54 Å². The number of aliphatic carboxylic acids is 1. The van der Waals surface area contributed by atoms with Crippen molar-refractivity contribution in [1.82, 2.24) is 4.90 Å². The summed E-state index contributed by atoms with van der Waals surface area (Å²) in [6.07, 6.45) is -1.68. The number of carbonyl (C=O) groups is 1. The molecule has 1 N–H and O–H groups in total. The molecule has 0 bridgehead atoms. The molecule has 1 saturated heterocycles. The zero-order valence-electron chi connectivity index (χ0n) is 18.9. The van der Waals surface area contributed by atoms with Crippen molar-refractivity contribution in [3.8, 4) is 0 Å². The lowest BCUT2D eigenvalue weighted by molar-refractivity contribution is -0.139. The van der Waals surface area contributed by atoms with Gasteiger partial charge in [-0.1, -0.05) is 40.9 Å². The van der Waals surface area contributed by atoms with Gasteiger partial charge in [0.25, 0.3) is 0 Å². The molecule has 0 aromatic heterocycles. The third kappa shape index (κ3) is 7.00. The van der Waals surface area contributed by atoms with Gasteiger partial charge in [0.1, 0.15) is 0 Å². The predicted molar refractivity (Wildman–Crippen MR) is 129 cm³/mol. The molecule has 8 heteroatoms. The highest BCUT2D eigenvalue weighted by Gasteiger charge is 2.36. The molecule has 1 fully saturated rings. The maximum absolute atomic E-state index is 13.1. The van der Waals surface area contributed by atoms with Gasteiger partial charge in [-0.05, 0) is 86.5 Å². The minimum atomic E-state index is -4.42. The summed E-state index contributed by atoms with van der Waals surface area (Å²) in [4.78, 5) is 13.6.